The minimum atomic E-state index is -4.59. The van der Waals surface area contributed by atoms with Gasteiger partial charge in [0.25, 0.3) is 0 Å². The maximum atomic E-state index is 13.3. The smallest absolute Gasteiger partial charge is 0.265 e. The number of aromatic nitrogens is 4. The topological polar surface area (TPSA) is 43.1 Å². The first kappa shape index (κ1) is 20.4. The second-order valence-electron chi connectivity index (χ2n) is 5.96. The van der Waals surface area contributed by atoms with Crippen LogP contribution >= 0.6 is 11.6 Å². The van der Waals surface area contributed by atoms with Gasteiger partial charge in [-0.2, -0.15) is 18.3 Å². The number of fused-ring (bicyclic) bond motifs is 1. The van der Waals surface area contributed by atoms with Crippen molar-refractivity contribution in [2.24, 2.45) is 0 Å². The Balaban J connectivity index is 0.000000343. The minimum absolute atomic E-state index is 0.0374. The molecule has 3 heterocycles. The Hall–Kier alpha value is -3.37. The largest absolute Gasteiger partial charge is 0.433 e. The number of aryl methyl sites for hydroxylation is 1. The summed E-state index contributed by atoms with van der Waals surface area (Å²) < 4.78 is 40.6. The molecule has 0 amide bonds. The van der Waals surface area contributed by atoms with E-state index in [0.29, 0.717) is 15.1 Å². The molecule has 0 aliphatic rings. The zero-order valence-corrected chi connectivity index (χ0v) is 15.9. The van der Waals surface area contributed by atoms with Crippen molar-refractivity contribution in [2.75, 3.05) is 0 Å². The van der Waals surface area contributed by atoms with E-state index >= 15 is 0 Å². The van der Waals surface area contributed by atoms with E-state index < -0.39 is 11.9 Å². The summed E-state index contributed by atoms with van der Waals surface area (Å²) in [6.45, 7) is 1.77. The van der Waals surface area contributed by atoms with Crippen molar-refractivity contribution in [3.05, 3.63) is 82.9 Å². The molecular weight excluding hydrogens is 401 g/mol. The second-order valence-corrected chi connectivity index (χ2v) is 6.36. The molecule has 0 aliphatic carbocycles. The van der Waals surface area contributed by atoms with Crippen molar-refractivity contribution in [1.29, 1.82) is 0 Å². The van der Waals surface area contributed by atoms with Crippen LogP contribution in [0, 0.1) is 19.3 Å². The van der Waals surface area contributed by atoms with Gasteiger partial charge in [-0.15, -0.1) is 6.42 Å². The Kier molecular flexibility index (Phi) is 5.85. The van der Waals surface area contributed by atoms with Crippen LogP contribution in [0.15, 0.2) is 60.9 Å². The summed E-state index contributed by atoms with van der Waals surface area (Å²) in [5.41, 5.74) is 0.642. The zero-order chi connectivity index (χ0) is 21.0. The SMILES string of the molecule is C#Cc1cc2nc(-c3ccc(Cl)c(C)c3)cc(C(F)(F)F)n2n1.c1ccncc1. The number of hydrogen-bond donors (Lipinski definition) is 0. The van der Waals surface area contributed by atoms with E-state index in [-0.39, 0.29) is 17.0 Å². The van der Waals surface area contributed by atoms with E-state index in [1.807, 2.05) is 18.2 Å². The van der Waals surface area contributed by atoms with Crippen LogP contribution in [0.1, 0.15) is 17.0 Å². The number of alkyl halides is 3. The lowest BCUT2D eigenvalue weighted by atomic mass is 10.1. The Morgan fingerprint density at radius 3 is 2.31 bits per heavy atom. The molecule has 0 spiro atoms. The van der Waals surface area contributed by atoms with Crippen molar-refractivity contribution in [2.45, 2.75) is 13.1 Å². The number of halogens is 4. The molecular formula is C21H14ClF3N4. The molecule has 1 aromatic carbocycles. The summed E-state index contributed by atoms with van der Waals surface area (Å²) in [4.78, 5) is 8.01. The lowest BCUT2D eigenvalue weighted by molar-refractivity contribution is -0.142. The molecule has 3 aromatic heterocycles. The van der Waals surface area contributed by atoms with Gasteiger partial charge in [0.2, 0.25) is 0 Å². The van der Waals surface area contributed by atoms with Gasteiger partial charge in [0.05, 0.1) is 5.69 Å². The molecule has 4 nitrogen and oxygen atoms in total. The Bertz CT molecular complexity index is 1150. The summed E-state index contributed by atoms with van der Waals surface area (Å²) in [6, 6.07) is 12.9. The molecule has 0 fully saturated rings. The summed E-state index contributed by atoms with van der Waals surface area (Å²) in [5, 5.41) is 4.27. The molecule has 0 N–H and O–H groups in total. The molecule has 4 rings (SSSR count). The van der Waals surface area contributed by atoms with Gasteiger partial charge in [0.15, 0.2) is 11.3 Å². The molecule has 146 valence electrons. The fraction of sp³-hybridized carbons (Fsp3) is 0.0952. The third-order valence-electron chi connectivity index (χ3n) is 3.89. The zero-order valence-electron chi connectivity index (χ0n) is 15.2. The predicted molar refractivity (Wildman–Crippen MR) is 105 cm³/mol. The minimum Gasteiger partial charge on any atom is -0.265 e. The predicted octanol–water partition coefficient (Wildman–Crippen LogP) is 5.44. The van der Waals surface area contributed by atoms with Gasteiger partial charge in [-0.25, -0.2) is 9.50 Å². The van der Waals surface area contributed by atoms with Crippen LogP contribution in [-0.4, -0.2) is 19.6 Å². The van der Waals surface area contributed by atoms with Crippen LogP contribution in [0.3, 0.4) is 0 Å². The van der Waals surface area contributed by atoms with Crippen molar-refractivity contribution < 1.29 is 13.2 Å². The molecule has 0 aliphatic heterocycles. The highest BCUT2D eigenvalue weighted by atomic mass is 35.5. The molecule has 4 aromatic rings. The van der Waals surface area contributed by atoms with Gasteiger partial charge in [-0.05, 0) is 48.7 Å². The molecule has 0 saturated heterocycles. The Morgan fingerprint density at radius 2 is 1.79 bits per heavy atom. The van der Waals surface area contributed by atoms with Gasteiger partial charge in [0, 0.05) is 29.0 Å². The first-order chi connectivity index (χ1) is 13.8. The second kappa shape index (κ2) is 8.33. The third-order valence-corrected chi connectivity index (χ3v) is 4.31. The van der Waals surface area contributed by atoms with E-state index in [0.717, 1.165) is 11.6 Å². The van der Waals surface area contributed by atoms with Crippen LogP contribution in [0.2, 0.25) is 5.02 Å². The summed E-state index contributed by atoms with van der Waals surface area (Å²) in [5.74, 6) is 2.21. The highest BCUT2D eigenvalue weighted by Gasteiger charge is 2.35. The van der Waals surface area contributed by atoms with Gasteiger partial charge < -0.3 is 0 Å². The number of hydrogen-bond acceptors (Lipinski definition) is 3. The van der Waals surface area contributed by atoms with Gasteiger partial charge in [-0.1, -0.05) is 23.7 Å². The van der Waals surface area contributed by atoms with Crippen molar-refractivity contribution in [3.63, 3.8) is 0 Å². The average Bonchev–Trinajstić information content (AvgIpc) is 3.13. The number of benzene rings is 1. The fourth-order valence-electron chi connectivity index (χ4n) is 2.51. The highest BCUT2D eigenvalue weighted by molar-refractivity contribution is 6.31. The maximum Gasteiger partial charge on any atom is 0.433 e. The average molecular weight is 415 g/mol. The van der Waals surface area contributed by atoms with Gasteiger partial charge in [-0.3, -0.25) is 4.98 Å². The van der Waals surface area contributed by atoms with Crippen LogP contribution in [-0.2, 0) is 6.18 Å². The molecule has 0 atom stereocenters. The monoisotopic (exact) mass is 414 g/mol. The number of terminal acetylenes is 1. The summed E-state index contributed by atoms with van der Waals surface area (Å²) >= 11 is 5.95. The number of pyridine rings is 1. The normalized spacial score (nSPS) is 10.9. The maximum absolute atomic E-state index is 13.3. The standard InChI is InChI=1S/C16H9ClF3N3.C5H5N/c1-3-11-7-15-21-13(10-4-5-12(17)9(2)6-10)8-14(16(18,19)20)23(15)22-11;1-2-4-6-5-3-1/h1,4-8H,2H3;1-5H. The van der Waals surface area contributed by atoms with Crippen LogP contribution in [0.25, 0.3) is 16.9 Å². The van der Waals surface area contributed by atoms with Crippen molar-refractivity contribution in [1.82, 2.24) is 19.6 Å². The lowest BCUT2D eigenvalue weighted by Gasteiger charge is -2.11. The Labute approximate surface area is 170 Å². The molecule has 29 heavy (non-hydrogen) atoms. The highest BCUT2D eigenvalue weighted by Crippen LogP contribution is 2.33. The first-order valence-corrected chi connectivity index (χ1v) is 8.73. The molecule has 0 saturated carbocycles. The fourth-order valence-corrected chi connectivity index (χ4v) is 2.63. The van der Waals surface area contributed by atoms with Crippen LogP contribution < -0.4 is 0 Å². The van der Waals surface area contributed by atoms with E-state index in [1.54, 1.807) is 37.5 Å². The van der Waals surface area contributed by atoms with Gasteiger partial charge >= 0.3 is 6.18 Å². The number of nitrogens with zero attached hydrogens (tertiary/aromatic N) is 4. The summed E-state index contributed by atoms with van der Waals surface area (Å²) in [7, 11) is 0. The van der Waals surface area contributed by atoms with Crippen LogP contribution in [0.5, 0.6) is 0 Å². The lowest BCUT2D eigenvalue weighted by Crippen LogP contribution is -2.13. The molecule has 0 unspecified atom stereocenters. The first-order valence-electron chi connectivity index (χ1n) is 8.36. The molecule has 8 heteroatoms. The van der Waals surface area contributed by atoms with Gasteiger partial charge in [0.1, 0.15) is 5.69 Å². The van der Waals surface area contributed by atoms with Crippen molar-refractivity contribution >= 4 is 17.2 Å². The van der Waals surface area contributed by atoms with E-state index in [4.69, 9.17) is 18.0 Å². The number of rotatable bonds is 1. The van der Waals surface area contributed by atoms with Crippen molar-refractivity contribution in [3.8, 4) is 23.6 Å². The molecule has 0 radical (unpaired) electrons. The Morgan fingerprint density at radius 1 is 1.07 bits per heavy atom. The van der Waals surface area contributed by atoms with E-state index in [9.17, 15) is 13.2 Å². The van der Waals surface area contributed by atoms with Crippen LogP contribution in [0.4, 0.5) is 13.2 Å². The molecule has 0 bridgehead atoms. The van der Waals surface area contributed by atoms with E-state index in [1.165, 1.54) is 6.07 Å². The summed E-state index contributed by atoms with van der Waals surface area (Å²) in [6.07, 6.45) is 4.12. The quantitative estimate of drug-likeness (QED) is 0.389. The third kappa shape index (κ3) is 4.73. The van der Waals surface area contributed by atoms with E-state index in [2.05, 4.69) is 21.0 Å².